The summed E-state index contributed by atoms with van der Waals surface area (Å²) in [5.74, 6) is -1.18. The number of fused-ring (bicyclic) bond motifs is 1. The van der Waals surface area contributed by atoms with Gasteiger partial charge >= 0.3 is 0 Å². The summed E-state index contributed by atoms with van der Waals surface area (Å²) in [6.07, 6.45) is 0. The van der Waals surface area contributed by atoms with Crippen LogP contribution in [-0.2, 0) is 0 Å². The fourth-order valence-electron chi connectivity index (χ4n) is 2.43. The third-order valence-electron chi connectivity index (χ3n) is 3.61. The van der Waals surface area contributed by atoms with Gasteiger partial charge in [0.1, 0.15) is 0 Å². The second-order valence-electron chi connectivity index (χ2n) is 5.18. The van der Waals surface area contributed by atoms with Crippen LogP contribution in [0.4, 0.5) is 0 Å². The molecule has 3 heteroatoms. The first-order valence-electron chi connectivity index (χ1n) is 6.75. The Labute approximate surface area is 122 Å². The monoisotopic (exact) mass is 276 g/mol. The Bertz CT molecular complexity index is 836. The number of aromatic nitrogens is 1. The third kappa shape index (κ3) is 2.38. The maximum Gasteiger partial charge on any atom is 0.0745 e. The average Bonchev–Trinajstić information content (AvgIpc) is 2.47. The van der Waals surface area contributed by atoms with Crippen LogP contribution >= 0.6 is 0 Å². The molecule has 0 aliphatic heterocycles. The zero-order valence-corrected chi connectivity index (χ0v) is 11.9. The van der Waals surface area contributed by atoms with Crippen LogP contribution in [0.3, 0.4) is 0 Å². The van der Waals surface area contributed by atoms with E-state index >= 15 is 0 Å². The molecule has 0 saturated heterocycles. The van der Waals surface area contributed by atoms with Crippen molar-refractivity contribution in [1.29, 1.82) is 0 Å². The van der Waals surface area contributed by atoms with Gasteiger partial charge in [-0.05, 0) is 25.5 Å². The molecular weight excluding hydrogens is 262 g/mol. The van der Waals surface area contributed by atoms with Crippen molar-refractivity contribution in [3.63, 3.8) is 0 Å². The summed E-state index contributed by atoms with van der Waals surface area (Å²) in [5, 5.41) is 12.0. The van der Waals surface area contributed by atoms with E-state index in [4.69, 9.17) is 0 Å². The molecule has 1 heterocycles. The van der Waals surface area contributed by atoms with Crippen LogP contribution in [0.25, 0.3) is 22.2 Å². The van der Waals surface area contributed by atoms with E-state index in [1.165, 1.54) is 0 Å². The van der Waals surface area contributed by atoms with Crippen molar-refractivity contribution < 1.29 is 9.90 Å². The first-order valence-corrected chi connectivity index (χ1v) is 6.75. The van der Waals surface area contributed by atoms with Gasteiger partial charge in [0.05, 0.1) is 17.2 Å². The molecule has 0 amide bonds. The predicted molar refractivity (Wildman–Crippen MR) is 81.0 cm³/mol. The number of benzene rings is 2. The maximum atomic E-state index is 11.4. The maximum absolute atomic E-state index is 11.4. The lowest BCUT2D eigenvalue weighted by Gasteiger charge is -2.12. The summed E-state index contributed by atoms with van der Waals surface area (Å²) in [6.45, 7) is 3.93. The quantitative estimate of drug-likeness (QED) is 0.723. The number of carbonyl (C=O) groups is 1. The number of hydrogen-bond acceptors (Lipinski definition) is 3. The van der Waals surface area contributed by atoms with Crippen molar-refractivity contribution in [2.45, 2.75) is 13.8 Å². The Morgan fingerprint density at radius 1 is 1.05 bits per heavy atom. The molecule has 3 rings (SSSR count). The lowest BCUT2D eigenvalue weighted by molar-refractivity contribution is -0.254. The molecule has 1 aromatic heterocycles. The highest BCUT2D eigenvalue weighted by atomic mass is 16.4. The molecule has 0 aliphatic rings. The average molecular weight is 276 g/mol. The minimum Gasteiger partial charge on any atom is -0.545 e. The zero-order chi connectivity index (χ0) is 15.0. The molecule has 0 radical (unpaired) electrons. The van der Waals surface area contributed by atoms with E-state index in [1.54, 1.807) is 12.1 Å². The number of carboxylic acid groups (broad SMARTS) is 1. The minimum atomic E-state index is -1.18. The highest BCUT2D eigenvalue weighted by molar-refractivity contribution is 6.03. The SMILES string of the molecule is Cc1ccc(-c2cc(C(=O)[O-])c3cccc(C)c3n2)cc1. The summed E-state index contributed by atoms with van der Waals surface area (Å²) in [6, 6.07) is 15.0. The molecule has 0 aliphatic carbocycles. The molecule has 21 heavy (non-hydrogen) atoms. The normalized spacial score (nSPS) is 10.8. The fraction of sp³-hybridized carbons (Fsp3) is 0.111. The summed E-state index contributed by atoms with van der Waals surface area (Å²) < 4.78 is 0. The van der Waals surface area contributed by atoms with Crippen LogP contribution in [-0.4, -0.2) is 11.0 Å². The first-order chi connectivity index (χ1) is 10.1. The topological polar surface area (TPSA) is 53.0 Å². The Morgan fingerprint density at radius 2 is 1.76 bits per heavy atom. The molecule has 0 fully saturated rings. The Hall–Kier alpha value is -2.68. The second-order valence-corrected chi connectivity index (χ2v) is 5.18. The molecule has 104 valence electrons. The van der Waals surface area contributed by atoms with Crippen LogP contribution in [0.1, 0.15) is 21.5 Å². The van der Waals surface area contributed by atoms with Gasteiger partial charge in [-0.25, -0.2) is 4.98 Å². The molecule has 2 aromatic carbocycles. The van der Waals surface area contributed by atoms with E-state index in [0.717, 1.165) is 16.7 Å². The number of hydrogen-bond donors (Lipinski definition) is 0. The lowest BCUT2D eigenvalue weighted by atomic mass is 10.0. The van der Waals surface area contributed by atoms with Gasteiger partial charge in [0.15, 0.2) is 0 Å². The number of rotatable bonds is 2. The fourth-order valence-corrected chi connectivity index (χ4v) is 2.43. The van der Waals surface area contributed by atoms with Gasteiger partial charge in [-0.1, -0.05) is 48.0 Å². The first kappa shape index (κ1) is 13.3. The summed E-state index contributed by atoms with van der Waals surface area (Å²) >= 11 is 0. The number of para-hydroxylation sites is 1. The van der Waals surface area contributed by atoms with Gasteiger partial charge in [0.2, 0.25) is 0 Å². The van der Waals surface area contributed by atoms with Gasteiger partial charge in [0, 0.05) is 16.5 Å². The van der Waals surface area contributed by atoms with Gasteiger partial charge < -0.3 is 9.90 Å². The number of aromatic carboxylic acids is 1. The smallest absolute Gasteiger partial charge is 0.0745 e. The van der Waals surface area contributed by atoms with Crippen molar-refractivity contribution in [2.75, 3.05) is 0 Å². The zero-order valence-electron chi connectivity index (χ0n) is 11.9. The van der Waals surface area contributed by atoms with Crippen LogP contribution in [0, 0.1) is 13.8 Å². The Balaban J connectivity index is 2.32. The van der Waals surface area contributed by atoms with Crippen molar-refractivity contribution in [3.05, 3.63) is 65.2 Å². The van der Waals surface area contributed by atoms with E-state index in [-0.39, 0.29) is 5.56 Å². The van der Waals surface area contributed by atoms with Crippen LogP contribution in [0.2, 0.25) is 0 Å². The van der Waals surface area contributed by atoms with Crippen LogP contribution < -0.4 is 5.11 Å². The van der Waals surface area contributed by atoms with Gasteiger partial charge in [-0.2, -0.15) is 0 Å². The number of nitrogens with zero attached hydrogens (tertiary/aromatic N) is 1. The van der Waals surface area contributed by atoms with E-state index in [0.29, 0.717) is 16.6 Å². The van der Waals surface area contributed by atoms with Crippen molar-refractivity contribution >= 4 is 16.9 Å². The Kier molecular flexibility index (Phi) is 3.18. The van der Waals surface area contributed by atoms with Crippen molar-refractivity contribution in [2.24, 2.45) is 0 Å². The van der Waals surface area contributed by atoms with E-state index in [1.807, 2.05) is 50.2 Å². The predicted octanol–water partition coefficient (Wildman–Crippen LogP) is 2.88. The van der Waals surface area contributed by atoms with E-state index in [9.17, 15) is 9.90 Å². The number of pyridine rings is 1. The lowest BCUT2D eigenvalue weighted by Crippen LogP contribution is -2.22. The van der Waals surface area contributed by atoms with E-state index in [2.05, 4.69) is 4.98 Å². The molecule has 0 saturated carbocycles. The summed E-state index contributed by atoms with van der Waals surface area (Å²) in [4.78, 5) is 16.1. The van der Waals surface area contributed by atoms with E-state index < -0.39 is 5.97 Å². The highest BCUT2D eigenvalue weighted by Gasteiger charge is 2.09. The van der Waals surface area contributed by atoms with Gasteiger partial charge in [0.25, 0.3) is 0 Å². The third-order valence-corrected chi connectivity index (χ3v) is 3.61. The Morgan fingerprint density at radius 3 is 2.43 bits per heavy atom. The van der Waals surface area contributed by atoms with Crippen LogP contribution in [0.15, 0.2) is 48.5 Å². The molecule has 0 spiro atoms. The standard InChI is InChI=1S/C18H15NO2/c1-11-6-8-13(9-7-11)16-10-15(18(20)21)14-5-3-4-12(2)17(14)19-16/h3-10H,1-2H3,(H,20,21)/p-1. The number of carbonyl (C=O) groups excluding carboxylic acids is 1. The molecule has 0 atom stereocenters. The van der Waals surface area contributed by atoms with Gasteiger partial charge in [-0.15, -0.1) is 0 Å². The van der Waals surface area contributed by atoms with Crippen molar-refractivity contribution in [1.82, 2.24) is 4.98 Å². The molecule has 3 nitrogen and oxygen atoms in total. The van der Waals surface area contributed by atoms with Crippen molar-refractivity contribution in [3.8, 4) is 11.3 Å². The summed E-state index contributed by atoms with van der Waals surface area (Å²) in [5.41, 5.74) is 4.53. The molecule has 0 unspecified atom stereocenters. The number of carboxylic acids is 1. The molecular formula is C18H14NO2-. The number of aryl methyl sites for hydroxylation is 2. The second kappa shape index (κ2) is 5.02. The largest absolute Gasteiger partial charge is 0.545 e. The highest BCUT2D eigenvalue weighted by Crippen LogP contribution is 2.26. The molecule has 0 bridgehead atoms. The summed E-state index contributed by atoms with van der Waals surface area (Å²) in [7, 11) is 0. The molecule has 3 aromatic rings. The van der Waals surface area contributed by atoms with Gasteiger partial charge in [-0.3, -0.25) is 0 Å². The minimum absolute atomic E-state index is 0.180. The molecule has 0 N–H and O–H groups in total. The van der Waals surface area contributed by atoms with Crippen LogP contribution in [0.5, 0.6) is 0 Å².